The predicted octanol–water partition coefficient (Wildman–Crippen LogP) is 2.33. The number of aromatic nitrogens is 2. The van der Waals surface area contributed by atoms with Crippen LogP contribution in [-0.2, 0) is 26.3 Å². The fourth-order valence-electron chi connectivity index (χ4n) is 2.06. The minimum Gasteiger partial charge on any atom is -0.469 e. The lowest BCUT2D eigenvalue weighted by atomic mass is 10.1. The minimum absolute atomic E-state index is 0.793. The van der Waals surface area contributed by atoms with Gasteiger partial charge in [0.15, 0.2) is 0 Å². The van der Waals surface area contributed by atoms with Crippen LogP contribution in [0.2, 0.25) is 0 Å². The molecule has 0 aliphatic carbocycles. The zero-order valence-electron chi connectivity index (χ0n) is 10.4. The van der Waals surface area contributed by atoms with Gasteiger partial charge in [-0.1, -0.05) is 13.3 Å². The number of anilines is 1. The van der Waals surface area contributed by atoms with Crippen LogP contribution in [0.15, 0.2) is 22.8 Å². The second kappa shape index (κ2) is 5.08. The van der Waals surface area contributed by atoms with Crippen molar-refractivity contribution in [1.82, 2.24) is 9.78 Å². The summed E-state index contributed by atoms with van der Waals surface area (Å²) in [6.45, 7) is 2.16. The molecule has 0 amide bonds. The van der Waals surface area contributed by atoms with Gasteiger partial charge in [0.05, 0.1) is 12.0 Å². The quantitative estimate of drug-likeness (QED) is 0.862. The van der Waals surface area contributed by atoms with Gasteiger partial charge in [-0.3, -0.25) is 4.68 Å². The van der Waals surface area contributed by atoms with Crippen LogP contribution in [0.4, 0.5) is 5.82 Å². The fraction of sp³-hybridized carbons (Fsp3) is 0.462. The number of nitrogens with two attached hydrogens (primary N) is 1. The van der Waals surface area contributed by atoms with Crippen LogP contribution in [0.5, 0.6) is 0 Å². The van der Waals surface area contributed by atoms with Gasteiger partial charge in [0, 0.05) is 19.0 Å². The molecule has 0 atom stereocenters. The average Bonchev–Trinajstić information content (AvgIpc) is 2.91. The monoisotopic (exact) mass is 233 g/mol. The number of furan rings is 1. The second-order valence-electron chi connectivity index (χ2n) is 4.26. The topological polar surface area (TPSA) is 57.0 Å². The van der Waals surface area contributed by atoms with Crippen LogP contribution < -0.4 is 5.73 Å². The smallest absolute Gasteiger partial charge is 0.124 e. The summed E-state index contributed by atoms with van der Waals surface area (Å²) in [5.41, 5.74) is 8.31. The first-order valence-corrected chi connectivity index (χ1v) is 6.05. The average molecular weight is 233 g/mol. The van der Waals surface area contributed by atoms with Crippen LogP contribution in [0.3, 0.4) is 0 Å². The number of hydrogen-bond donors (Lipinski definition) is 1. The Morgan fingerprint density at radius 3 is 2.82 bits per heavy atom. The van der Waals surface area contributed by atoms with Crippen LogP contribution in [0.1, 0.15) is 30.4 Å². The summed E-state index contributed by atoms with van der Waals surface area (Å²) in [7, 11) is 1.89. The number of nitrogens with zero attached hydrogens (tertiary/aromatic N) is 2. The Morgan fingerprint density at radius 1 is 1.35 bits per heavy atom. The van der Waals surface area contributed by atoms with Gasteiger partial charge in [-0.2, -0.15) is 5.10 Å². The van der Waals surface area contributed by atoms with Gasteiger partial charge in [-0.15, -0.1) is 0 Å². The number of hydrogen-bond acceptors (Lipinski definition) is 3. The van der Waals surface area contributed by atoms with Crippen molar-refractivity contribution in [2.45, 2.75) is 32.6 Å². The van der Waals surface area contributed by atoms with Crippen molar-refractivity contribution in [1.29, 1.82) is 0 Å². The molecule has 0 unspecified atom stereocenters. The van der Waals surface area contributed by atoms with Crippen molar-refractivity contribution in [3.8, 4) is 0 Å². The molecule has 0 aromatic carbocycles. The van der Waals surface area contributed by atoms with E-state index in [2.05, 4.69) is 12.0 Å². The lowest BCUT2D eigenvalue weighted by Gasteiger charge is -2.01. The molecule has 0 spiro atoms. The van der Waals surface area contributed by atoms with Crippen molar-refractivity contribution in [3.05, 3.63) is 35.4 Å². The van der Waals surface area contributed by atoms with E-state index in [-0.39, 0.29) is 0 Å². The summed E-state index contributed by atoms with van der Waals surface area (Å²) >= 11 is 0. The summed E-state index contributed by atoms with van der Waals surface area (Å²) in [6, 6.07) is 3.90. The normalized spacial score (nSPS) is 10.9. The molecule has 2 aromatic heterocycles. The highest BCUT2D eigenvalue weighted by atomic mass is 16.3. The molecule has 2 heterocycles. The molecule has 0 saturated carbocycles. The molecule has 0 aliphatic rings. The Kier molecular flexibility index (Phi) is 3.52. The standard InChI is InChI=1S/C13H19N3O/c1-3-5-11-12(15-16(2)13(11)14)8-7-10-6-4-9-17-10/h4,6,9H,3,5,7-8,14H2,1-2H3. The van der Waals surface area contributed by atoms with Crippen molar-refractivity contribution in [2.75, 3.05) is 5.73 Å². The molecule has 2 N–H and O–H groups in total. The third-order valence-electron chi connectivity index (χ3n) is 2.97. The molecule has 4 nitrogen and oxygen atoms in total. The van der Waals surface area contributed by atoms with E-state index in [0.717, 1.165) is 43.0 Å². The Labute approximate surface area is 101 Å². The Hall–Kier alpha value is -1.71. The summed E-state index contributed by atoms with van der Waals surface area (Å²) in [4.78, 5) is 0. The van der Waals surface area contributed by atoms with Crippen molar-refractivity contribution in [2.24, 2.45) is 7.05 Å². The largest absolute Gasteiger partial charge is 0.469 e. The molecule has 0 bridgehead atoms. The predicted molar refractivity (Wildman–Crippen MR) is 67.7 cm³/mol. The maximum Gasteiger partial charge on any atom is 0.124 e. The second-order valence-corrected chi connectivity index (χ2v) is 4.26. The van der Waals surface area contributed by atoms with Gasteiger partial charge in [0.2, 0.25) is 0 Å². The molecular formula is C13H19N3O. The SMILES string of the molecule is CCCc1c(CCc2ccco2)nn(C)c1N. The molecule has 92 valence electrons. The maximum absolute atomic E-state index is 6.02. The lowest BCUT2D eigenvalue weighted by molar-refractivity contribution is 0.506. The third-order valence-corrected chi connectivity index (χ3v) is 2.97. The fourth-order valence-corrected chi connectivity index (χ4v) is 2.06. The number of nitrogen functional groups attached to an aromatic ring is 1. The Balaban J connectivity index is 2.12. The zero-order valence-corrected chi connectivity index (χ0v) is 10.4. The van der Waals surface area contributed by atoms with E-state index in [0.29, 0.717) is 0 Å². The van der Waals surface area contributed by atoms with E-state index >= 15 is 0 Å². The van der Waals surface area contributed by atoms with E-state index in [1.807, 2.05) is 19.2 Å². The van der Waals surface area contributed by atoms with Crippen molar-refractivity contribution < 1.29 is 4.42 Å². The molecule has 0 radical (unpaired) electrons. The molecule has 2 rings (SSSR count). The lowest BCUT2D eigenvalue weighted by Crippen LogP contribution is -1.99. The summed E-state index contributed by atoms with van der Waals surface area (Å²) in [6.07, 6.45) is 5.54. The highest BCUT2D eigenvalue weighted by Gasteiger charge is 2.13. The summed E-state index contributed by atoms with van der Waals surface area (Å²) in [5, 5.41) is 4.48. The molecule has 0 fully saturated rings. The molecule has 0 aliphatic heterocycles. The van der Waals surface area contributed by atoms with Gasteiger partial charge in [0.25, 0.3) is 0 Å². The highest BCUT2D eigenvalue weighted by molar-refractivity contribution is 5.43. The minimum atomic E-state index is 0.793. The van der Waals surface area contributed by atoms with Gasteiger partial charge in [-0.05, 0) is 25.0 Å². The van der Waals surface area contributed by atoms with Gasteiger partial charge in [0.1, 0.15) is 11.6 Å². The molecule has 2 aromatic rings. The van der Waals surface area contributed by atoms with E-state index in [1.54, 1.807) is 10.9 Å². The molecular weight excluding hydrogens is 214 g/mol. The third kappa shape index (κ3) is 2.52. The van der Waals surface area contributed by atoms with Crippen molar-refractivity contribution in [3.63, 3.8) is 0 Å². The van der Waals surface area contributed by atoms with Gasteiger partial charge >= 0.3 is 0 Å². The van der Waals surface area contributed by atoms with Crippen LogP contribution in [-0.4, -0.2) is 9.78 Å². The van der Waals surface area contributed by atoms with Crippen LogP contribution >= 0.6 is 0 Å². The first-order chi connectivity index (χ1) is 8.22. The van der Waals surface area contributed by atoms with E-state index in [4.69, 9.17) is 10.2 Å². The van der Waals surface area contributed by atoms with Crippen LogP contribution in [0.25, 0.3) is 0 Å². The molecule has 4 heteroatoms. The van der Waals surface area contributed by atoms with Gasteiger partial charge < -0.3 is 10.2 Å². The molecule has 17 heavy (non-hydrogen) atoms. The van der Waals surface area contributed by atoms with Crippen molar-refractivity contribution >= 4 is 5.82 Å². The van der Waals surface area contributed by atoms with E-state index in [9.17, 15) is 0 Å². The number of rotatable bonds is 5. The van der Waals surface area contributed by atoms with Crippen LogP contribution in [0, 0.1) is 0 Å². The zero-order chi connectivity index (χ0) is 12.3. The van der Waals surface area contributed by atoms with Gasteiger partial charge in [-0.25, -0.2) is 0 Å². The Morgan fingerprint density at radius 2 is 2.18 bits per heavy atom. The first kappa shape index (κ1) is 11.8. The van der Waals surface area contributed by atoms with E-state index < -0.39 is 0 Å². The van der Waals surface area contributed by atoms with E-state index in [1.165, 1.54) is 5.56 Å². The summed E-state index contributed by atoms with van der Waals surface area (Å²) in [5.74, 6) is 1.79. The highest BCUT2D eigenvalue weighted by Crippen LogP contribution is 2.19. The number of aryl methyl sites for hydroxylation is 3. The first-order valence-electron chi connectivity index (χ1n) is 6.05. The Bertz CT molecular complexity index is 471. The summed E-state index contributed by atoms with van der Waals surface area (Å²) < 4.78 is 7.09. The molecule has 0 saturated heterocycles. The maximum atomic E-state index is 6.02.